The summed E-state index contributed by atoms with van der Waals surface area (Å²) in [6.45, 7) is 8.74. The number of carbonyl (C=O) groups excluding carboxylic acids is 5. The predicted octanol–water partition coefficient (Wildman–Crippen LogP) is 3.03. The van der Waals surface area contributed by atoms with Gasteiger partial charge in [0.2, 0.25) is 11.8 Å². The van der Waals surface area contributed by atoms with Gasteiger partial charge in [-0.05, 0) is 87.6 Å². The number of piperidine rings is 2. The van der Waals surface area contributed by atoms with Crippen LogP contribution in [0.1, 0.15) is 88.7 Å². The molecule has 0 aromatic heterocycles. The summed E-state index contributed by atoms with van der Waals surface area (Å²) in [6, 6.07) is 10.6. The summed E-state index contributed by atoms with van der Waals surface area (Å²) in [5.41, 5.74) is 3.83. The van der Waals surface area contributed by atoms with Gasteiger partial charge >= 0.3 is 5.97 Å². The molecule has 2 fully saturated rings. The molecule has 2 aromatic carbocycles. The summed E-state index contributed by atoms with van der Waals surface area (Å²) in [7, 11) is 0. The van der Waals surface area contributed by atoms with Crippen LogP contribution in [0.4, 0.5) is 5.69 Å². The monoisotopic (exact) mass is 558 g/mol. The van der Waals surface area contributed by atoms with Crippen molar-refractivity contribution in [3.05, 3.63) is 64.2 Å². The molecule has 4 heterocycles. The predicted molar refractivity (Wildman–Crippen MR) is 149 cm³/mol. The summed E-state index contributed by atoms with van der Waals surface area (Å²) < 4.78 is 5.46. The molecule has 6 rings (SSSR count). The van der Waals surface area contributed by atoms with Gasteiger partial charge in [-0.15, -0.1) is 0 Å². The molecule has 0 spiro atoms. The molecule has 4 aliphatic rings. The summed E-state index contributed by atoms with van der Waals surface area (Å²) >= 11 is 0. The zero-order valence-corrected chi connectivity index (χ0v) is 23.6. The van der Waals surface area contributed by atoms with Crippen LogP contribution < -0.4 is 10.2 Å². The molecular formula is C31H34N4O6. The van der Waals surface area contributed by atoms with Crippen LogP contribution in [0.15, 0.2) is 36.4 Å². The third-order valence-corrected chi connectivity index (χ3v) is 8.35. The smallest absolute Gasteiger partial charge is 0.338 e. The van der Waals surface area contributed by atoms with Crippen LogP contribution in [-0.2, 0) is 27.4 Å². The minimum atomic E-state index is -0.954. The maximum absolute atomic E-state index is 13.2. The topological polar surface area (TPSA) is 116 Å². The van der Waals surface area contributed by atoms with E-state index in [-0.39, 0.29) is 24.7 Å². The van der Waals surface area contributed by atoms with Crippen molar-refractivity contribution in [2.24, 2.45) is 0 Å². The van der Waals surface area contributed by atoms with E-state index in [4.69, 9.17) is 4.74 Å². The van der Waals surface area contributed by atoms with Crippen molar-refractivity contribution in [2.45, 2.75) is 77.2 Å². The molecule has 0 saturated carbocycles. The van der Waals surface area contributed by atoms with Gasteiger partial charge in [-0.2, -0.15) is 0 Å². The lowest BCUT2D eigenvalue weighted by Gasteiger charge is -2.37. The number of nitrogens with one attached hydrogen (secondary N) is 1. The fraction of sp³-hybridized carbons (Fsp3) is 0.452. The first kappa shape index (κ1) is 27.1. The molecule has 1 unspecified atom stereocenters. The Balaban J connectivity index is 1.07. The van der Waals surface area contributed by atoms with Crippen molar-refractivity contribution in [2.75, 3.05) is 18.0 Å². The number of esters is 1. The Morgan fingerprint density at radius 3 is 2.00 bits per heavy atom. The van der Waals surface area contributed by atoms with Crippen molar-refractivity contribution in [1.29, 1.82) is 0 Å². The number of hydrogen-bond donors (Lipinski definition) is 1. The standard InChI is InChI=1S/C31H34N4O6/c1-31(2,3)41-30(40)18-4-6-21(7-5-18)33-12-10-22(11-13-33)34-16-19-14-23-24(15-20(19)17-34)29(39)35(28(23)38)25-8-9-26(36)32-27(25)37/h4-7,14-15,22,25H,8-13,16-17H2,1-3H3,(H,32,36,37). The lowest BCUT2D eigenvalue weighted by Crippen LogP contribution is -2.54. The van der Waals surface area contributed by atoms with E-state index in [2.05, 4.69) is 15.1 Å². The van der Waals surface area contributed by atoms with Gasteiger partial charge < -0.3 is 9.64 Å². The number of fused-ring (bicyclic) bond motifs is 2. The molecule has 0 radical (unpaired) electrons. The van der Waals surface area contributed by atoms with Crippen molar-refractivity contribution in [1.82, 2.24) is 15.1 Å². The zero-order valence-electron chi connectivity index (χ0n) is 23.6. The van der Waals surface area contributed by atoms with E-state index in [1.165, 1.54) is 0 Å². The van der Waals surface area contributed by atoms with E-state index in [0.717, 1.165) is 47.6 Å². The second kappa shape index (κ2) is 10.1. The Bertz CT molecular complexity index is 1410. The van der Waals surface area contributed by atoms with Crippen molar-refractivity contribution < 1.29 is 28.7 Å². The van der Waals surface area contributed by atoms with E-state index >= 15 is 0 Å². The summed E-state index contributed by atoms with van der Waals surface area (Å²) in [5.74, 6) is -2.24. The highest BCUT2D eigenvalue weighted by Gasteiger charge is 2.45. The van der Waals surface area contributed by atoms with Gasteiger partial charge in [0.15, 0.2) is 0 Å². The van der Waals surface area contributed by atoms with Gasteiger partial charge in [-0.3, -0.25) is 34.3 Å². The number of imide groups is 2. The second-order valence-corrected chi connectivity index (χ2v) is 12.3. The average molecular weight is 559 g/mol. The summed E-state index contributed by atoms with van der Waals surface area (Å²) in [6.07, 6.45) is 2.20. The first-order valence-electron chi connectivity index (χ1n) is 14.2. The Labute approximate surface area is 238 Å². The van der Waals surface area contributed by atoms with Gasteiger partial charge in [0.05, 0.1) is 16.7 Å². The molecule has 1 atom stereocenters. The largest absolute Gasteiger partial charge is 0.456 e. The normalized spacial score (nSPS) is 21.7. The van der Waals surface area contributed by atoms with E-state index < -0.39 is 29.4 Å². The van der Waals surface area contributed by atoms with Crippen molar-refractivity contribution in [3.63, 3.8) is 0 Å². The minimum absolute atomic E-state index is 0.103. The molecule has 2 saturated heterocycles. The van der Waals surface area contributed by atoms with Crippen molar-refractivity contribution >= 4 is 35.3 Å². The van der Waals surface area contributed by atoms with Crippen LogP contribution in [0.2, 0.25) is 0 Å². The van der Waals surface area contributed by atoms with Gasteiger partial charge in [0.1, 0.15) is 11.6 Å². The molecule has 41 heavy (non-hydrogen) atoms. The number of hydrogen-bond acceptors (Lipinski definition) is 8. The van der Waals surface area contributed by atoms with Crippen LogP contribution in [0.25, 0.3) is 0 Å². The number of ether oxygens (including phenoxy) is 1. The zero-order chi connectivity index (χ0) is 29.1. The quantitative estimate of drug-likeness (QED) is 0.450. The van der Waals surface area contributed by atoms with Gasteiger partial charge in [-0.25, -0.2) is 4.79 Å². The Morgan fingerprint density at radius 1 is 0.878 bits per heavy atom. The fourth-order valence-electron chi connectivity index (χ4n) is 6.29. The Kier molecular flexibility index (Phi) is 6.68. The van der Waals surface area contributed by atoms with Crippen LogP contribution in [-0.4, -0.2) is 70.2 Å². The second-order valence-electron chi connectivity index (χ2n) is 12.3. The van der Waals surface area contributed by atoms with Crippen molar-refractivity contribution in [3.8, 4) is 0 Å². The molecule has 10 heteroatoms. The number of carbonyl (C=O) groups is 5. The fourth-order valence-corrected chi connectivity index (χ4v) is 6.29. The van der Waals surface area contributed by atoms with E-state index in [0.29, 0.717) is 35.8 Å². The van der Waals surface area contributed by atoms with Crippen LogP contribution in [0.3, 0.4) is 0 Å². The lowest BCUT2D eigenvalue weighted by atomic mass is 10.0. The van der Waals surface area contributed by atoms with E-state index in [1.54, 1.807) is 0 Å². The van der Waals surface area contributed by atoms with Gasteiger partial charge in [0.25, 0.3) is 11.8 Å². The number of anilines is 1. The minimum Gasteiger partial charge on any atom is -0.456 e. The summed E-state index contributed by atoms with van der Waals surface area (Å²) in [4.78, 5) is 68.4. The van der Waals surface area contributed by atoms with E-state index in [1.807, 2.05) is 57.2 Å². The number of rotatable bonds is 4. The van der Waals surface area contributed by atoms with Gasteiger partial charge in [0, 0.05) is 44.3 Å². The first-order valence-corrected chi connectivity index (χ1v) is 14.2. The van der Waals surface area contributed by atoms with Crippen LogP contribution >= 0.6 is 0 Å². The molecule has 4 aliphatic heterocycles. The molecule has 1 N–H and O–H groups in total. The number of benzene rings is 2. The lowest BCUT2D eigenvalue weighted by molar-refractivity contribution is -0.136. The average Bonchev–Trinajstić information content (AvgIpc) is 3.45. The van der Waals surface area contributed by atoms with Gasteiger partial charge in [-0.1, -0.05) is 0 Å². The van der Waals surface area contributed by atoms with Crippen LogP contribution in [0.5, 0.6) is 0 Å². The molecule has 10 nitrogen and oxygen atoms in total. The maximum atomic E-state index is 13.2. The summed E-state index contributed by atoms with van der Waals surface area (Å²) in [5, 5.41) is 2.24. The number of nitrogens with zero attached hydrogens (tertiary/aromatic N) is 3. The molecule has 0 aliphatic carbocycles. The molecule has 0 bridgehead atoms. The maximum Gasteiger partial charge on any atom is 0.338 e. The Hall–Kier alpha value is -4.05. The molecule has 214 valence electrons. The third kappa shape index (κ3) is 5.12. The Morgan fingerprint density at radius 2 is 1.46 bits per heavy atom. The highest BCUT2D eigenvalue weighted by molar-refractivity contribution is 6.23. The third-order valence-electron chi connectivity index (χ3n) is 8.35. The number of amides is 4. The first-order chi connectivity index (χ1) is 19.5. The van der Waals surface area contributed by atoms with Crippen LogP contribution in [0, 0.1) is 0 Å². The molecule has 4 amide bonds. The molecular weight excluding hydrogens is 524 g/mol. The van der Waals surface area contributed by atoms with E-state index in [9.17, 15) is 24.0 Å². The SMILES string of the molecule is CC(C)(C)OC(=O)c1ccc(N2CCC(N3Cc4cc5c(cc4C3)C(=O)N(C3CCC(=O)NC3=O)C5=O)CC2)cc1. The highest BCUT2D eigenvalue weighted by atomic mass is 16.6. The molecule has 2 aromatic rings. The highest BCUT2D eigenvalue weighted by Crippen LogP contribution is 2.35.